The van der Waals surface area contributed by atoms with E-state index in [0.29, 0.717) is 40.8 Å². The van der Waals surface area contributed by atoms with Crippen molar-refractivity contribution in [3.05, 3.63) is 30.5 Å². The fourth-order valence-corrected chi connectivity index (χ4v) is 4.44. The lowest BCUT2D eigenvalue weighted by atomic mass is 10.0. The highest BCUT2D eigenvalue weighted by molar-refractivity contribution is 5.89. The number of nitrogens with one attached hydrogen (secondary N) is 1. The van der Waals surface area contributed by atoms with Crippen molar-refractivity contribution < 1.29 is 22.3 Å². The Hall–Kier alpha value is -3.48. The number of likely N-dealkylation sites (tertiary alicyclic amines) is 1. The third-order valence-corrected chi connectivity index (χ3v) is 6.24. The van der Waals surface area contributed by atoms with Crippen LogP contribution in [0.1, 0.15) is 13.3 Å². The zero-order valence-corrected chi connectivity index (χ0v) is 19.1. The third kappa shape index (κ3) is 4.35. The fraction of sp³-hybridized carbons (Fsp3) is 0.455. The van der Waals surface area contributed by atoms with Crippen LogP contribution in [0.4, 0.5) is 23.5 Å². The van der Waals surface area contributed by atoms with Crippen molar-refractivity contribution >= 4 is 22.5 Å². The van der Waals surface area contributed by atoms with Gasteiger partial charge in [-0.1, -0.05) is 18.2 Å². The number of fused-ring (bicyclic) bond motifs is 2. The molecule has 0 aliphatic carbocycles. The summed E-state index contributed by atoms with van der Waals surface area (Å²) in [7, 11) is 1.43. The number of benzene rings is 1. The van der Waals surface area contributed by atoms with Gasteiger partial charge in [0.15, 0.2) is 0 Å². The lowest BCUT2D eigenvalue weighted by Gasteiger charge is -2.38. The fourth-order valence-electron chi connectivity index (χ4n) is 4.44. The van der Waals surface area contributed by atoms with Gasteiger partial charge in [-0.15, -0.1) is 10.2 Å². The second-order valence-electron chi connectivity index (χ2n) is 8.45. The molecule has 1 saturated heterocycles. The van der Waals surface area contributed by atoms with Crippen molar-refractivity contribution in [1.82, 2.24) is 34.5 Å². The second-order valence-corrected chi connectivity index (χ2v) is 8.45. The molecule has 0 spiro atoms. The Morgan fingerprint density at radius 3 is 2.80 bits per heavy atom. The van der Waals surface area contributed by atoms with E-state index in [1.807, 2.05) is 6.92 Å². The van der Waals surface area contributed by atoms with Gasteiger partial charge >= 0.3 is 0 Å². The molecular formula is C22H24F4N8O. The van der Waals surface area contributed by atoms with Crippen LogP contribution in [0.15, 0.2) is 30.5 Å². The third-order valence-electron chi connectivity index (χ3n) is 6.24. The van der Waals surface area contributed by atoms with Crippen LogP contribution in [0.5, 0.6) is 5.88 Å². The predicted molar refractivity (Wildman–Crippen MR) is 121 cm³/mol. The monoisotopic (exact) mass is 492 g/mol. The molecule has 0 radical (unpaired) electrons. The van der Waals surface area contributed by atoms with Crippen molar-refractivity contribution in [3.63, 3.8) is 0 Å². The molecule has 1 aliphatic rings. The van der Waals surface area contributed by atoms with Gasteiger partial charge in [0.25, 0.3) is 12.3 Å². The van der Waals surface area contributed by atoms with Gasteiger partial charge in [0.05, 0.1) is 25.2 Å². The molecular weight excluding hydrogens is 468 g/mol. The van der Waals surface area contributed by atoms with E-state index in [4.69, 9.17) is 4.74 Å². The number of ether oxygens (including phenoxy) is 1. The average molecular weight is 492 g/mol. The minimum absolute atomic E-state index is 0.0285. The highest BCUT2D eigenvalue weighted by Gasteiger charge is 2.44. The minimum atomic E-state index is -2.94. The summed E-state index contributed by atoms with van der Waals surface area (Å²) in [5, 5.41) is 14.9. The maximum absolute atomic E-state index is 14.7. The average Bonchev–Trinajstić information content (AvgIpc) is 3.43. The van der Waals surface area contributed by atoms with E-state index in [1.165, 1.54) is 11.6 Å². The Balaban J connectivity index is 1.49. The van der Waals surface area contributed by atoms with Crippen LogP contribution in [0.25, 0.3) is 27.7 Å². The summed E-state index contributed by atoms with van der Waals surface area (Å²) >= 11 is 0. The maximum Gasteiger partial charge on any atom is 0.280 e. The van der Waals surface area contributed by atoms with Crippen molar-refractivity contribution in [2.45, 2.75) is 38.3 Å². The molecule has 1 N–H and O–H groups in total. The van der Waals surface area contributed by atoms with E-state index in [9.17, 15) is 17.6 Å². The first kappa shape index (κ1) is 23.3. The molecule has 5 rings (SSSR count). The number of aromatic nitrogens is 6. The summed E-state index contributed by atoms with van der Waals surface area (Å²) in [6.07, 6.45) is -0.654. The van der Waals surface area contributed by atoms with Crippen LogP contribution in [0.3, 0.4) is 0 Å². The molecule has 186 valence electrons. The zero-order chi connectivity index (χ0) is 24.7. The molecule has 0 bridgehead atoms. The standard InChI is InChI=1S/C22H24F4N8O/c1-3-32-8-7-17(22(25,26)12-32)27-21-28-20(35-2)19-14(6-9-33(19)30-21)13-4-5-15-16(10-13)34(31-29-15)11-18(23)24/h4-6,9-10,17-18H,3,7-8,11-12H2,1-2H3,(H,27,30). The predicted octanol–water partition coefficient (Wildman–Crippen LogP) is 3.56. The molecule has 1 aliphatic heterocycles. The number of rotatable bonds is 7. The lowest BCUT2D eigenvalue weighted by molar-refractivity contribution is -0.0726. The second kappa shape index (κ2) is 8.95. The number of piperidine rings is 1. The van der Waals surface area contributed by atoms with Gasteiger partial charge in [-0.25, -0.2) is 26.8 Å². The summed E-state index contributed by atoms with van der Waals surface area (Å²) in [4.78, 5) is 6.05. The van der Waals surface area contributed by atoms with E-state index in [1.54, 1.807) is 35.4 Å². The van der Waals surface area contributed by atoms with Crippen LogP contribution in [0.2, 0.25) is 0 Å². The van der Waals surface area contributed by atoms with Crippen molar-refractivity contribution in [2.24, 2.45) is 0 Å². The van der Waals surface area contributed by atoms with E-state index >= 15 is 0 Å². The molecule has 1 atom stereocenters. The van der Waals surface area contributed by atoms with Crippen molar-refractivity contribution in [1.29, 1.82) is 0 Å². The minimum Gasteiger partial charge on any atom is -0.479 e. The molecule has 0 amide bonds. The van der Waals surface area contributed by atoms with E-state index < -0.39 is 24.9 Å². The Morgan fingerprint density at radius 1 is 1.26 bits per heavy atom. The zero-order valence-electron chi connectivity index (χ0n) is 19.1. The van der Waals surface area contributed by atoms with Crippen LogP contribution in [-0.4, -0.2) is 79.6 Å². The summed E-state index contributed by atoms with van der Waals surface area (Å²) in [5.41, 5.74) is 2.84. The number of methoxy groups -OCH3 is 1. The molecule has 13 heteroatoms. The molecule has 1 unspecified atom stereocenters. The number of alkyl halides is 4. The van der Waals surface area contributed by atoms with Crippen molar-refractivity contribution in [2.75, 3.05) is 32.1 Å². The molecule has 1 aromatic carbocycles. The summed E-state index contributed by atoms with van der Waals surface area (Å²) in [6, 6.07) is 5.85. The van der Waals surface area contributed by atoms with Gasteiger partial charge in [-0.2, -0.15) is 4.98 Å². The Kier molecular flexibility index (Phi) is 5.95. The number of nitrogens with zero attached hydrogens (tertiary/aromatic N) is 7. The van der Waals surface area contributed by atoms with Gasteiger partial charge in [-0.3, -0.25) is 4.90 Å². The highest BCUT2D eigenvalue weighted by Crippen LogP contribution is 2.34. The van der Waals surface area contributed by atoms with E-state index in [0.717, 1.165) is 4.68 Å². The summed E-state index contributed by atoms with van der Waals surface area (Å²) in [5.74, 6) is -2.72. The normalized spacial score (nSPS) is 18.5. The summed E-state index contributed by atoms with van der Waals surface area (Å²) in [6.45, 7) is 2.08. The number of hydrogen-bond donors (Lipinski definition) is 1. The molecule has 35 heavy (non-hydrogen) atoms. The number of halogens is 4. The SMILES string of the molecule is CCN1CCC(Nc2nc(OC)c3c(-c4ccc5nnn(CC(F)F)c5c4)ccn3n2)C(F)(F)C1. The first-order valence-electron chi connectivity index (χ1n) is 11.2. The smallest absolute Gasteiger partial charge is 0.280 e. The van der Waals surface area contributed by atoms with E-state index in [2.05, 4.69) is 25.7 Å². The quantitative estimate of drug-likeness (QED) is 0.395. The van der Waals surface area contributed by atoms with Gasteiger partial charge in [-0.05, 0) is 36.7 Å². The first-order valence-corrected chi connectivity index (χ1v) is 11.2. The number of hydrogen-bond acceptors (Lipinski definition) is 7. The molecule has 3 aromatic heterocycles. The number of anilines is 1. The van der Waals surface area contributed by atoms with Gasteiger partial charge in [0, 0.05) is 18.3 Å². The lowest BCUT2D eigenvalue weighted by Crippen LogP contribution is -2.54. The molecule has 9 nitrogen and oxygen atoms in total. The van der Waals surface area contributed by atoms with Crippen LogP contribution in [0, 0.1) is 0 Å². The van der Waals surface area contributed by atoms with Gasteiger partial charge < -0.3 is 10.1 Å². The Labute approximate surface area is 197 Å². The molecule has 4 aromatic rings. The van der Waals surface area contributed by atoms with Crippen LogP contribution >= 0.6 is 0 Å². The van der Waals surface area contributed by atoms with Crippen LogP contribution in [-0.2, 0) is 6.54 Å². The maximum atomic E-state index is 14.7. The van der Waals surface area contributed by atoms with E-state index in [-0.39, 0.29) is 24.8 Å². The molecule has 4 heterocycles. The Morgan fingerprint density at radius 2 is 2.09 bits per heavy atom. The van der Waals surface area contributed by atoms with Crippen molar-refractivity contribution in [3.8, 4) is 17.0 Å². The van der Waals surface area contributed by atoms with Crippen LogP contribution < -0.4 is 10.1 Å². The summed E-state index contributed by atoms with van der Waals surface area (Å²) < 4.78 is 63.3. The molecule has 0 saturated carbocycles. The Bertz CT molecular complexity index is 1350. The topological polar surface area (TPSA) is 85.4 Å². The van der Waals surface area contributed by atoms with Gasteiger partial charge in [0.2, 0.25) is 11.8 Å². The first-order chi connectivity index (χ1) is 16.8. The largest absolute Gasteiger partial charge is 0.479 e. The van der Waals surface area contributed by atoms with Gasteiger partial charge in [0.1, 0.15) is 17.6 Å². The molecule has 1 fully saturated rings. The highest BCUT2D eigenvalue weighted by atomic mass is 19.3.